The van der Waals surface area contributed by atoms with E-state index in [2.05, 4.69) is 10.2 Å². The minimum absolute atomic E-state index is 0.0405. The summed E-state index contributed by atoms with van der Waals surface area (Å²) in [6.45, 7) is 2.87. The van der Waals surface area contributed by atoms with Crippen LogP contribution in [-0.4, -0.2) is 43.7 Å². The summed E-state index contributed by atoms with van der Waals surface area (Å²) < 4.78 is 39.4. The zero-order valence-electron chi connectivity index (χ0n) is 14.9. The molecule has 9 heteroatoms. The summed E-state index contributed by atoms with van der Waals surface area (Å²) in [5.41, 5.74) is -0.262. The number of alkyl halides is 3. The van der Waals surface area contributed by atoms with Gasteiger partial charge in [-0.1, -0.05) is 11.6 Å². The second-order valence-electron chi connectivity index (χ2n) is 6.67. The van der Waals surface area contributed by atoms with Crippen LogP contribution >= 0.6 is 11.6 Å². The lowest BCUT2D eigenvalue weighted by Crippen LogP contribution is -3.15. The van der Waals surface area contributed by atoms with Crippen molar-refractivity contribution in [3.8, 4) is 5.75 Å². The number of anilines is 2. The SMILES string of the molecule is O=C(C[NH+]1CCN(c2ccc(O)cc2)CC1)Nc1ccc(Cl)cc1C(F)(F)F. The predicted octanol–water partition coefficient (Wildman–Crippen LogP) is 2.41. The normalized spacial score (nSPS) is 15.5. The van der Waals surface area contributed by atoms with Crippen molar-refractivity contribution in [2.45, 2.75) is 6.18 Å². The molecule has 0 radical (unpaired) electrons. The molecule has 1 saturated heterocycles. The molecule has 0 aromatic heterocycles. The predicted molar refractivity (Wildman–Crippen MR) is 101 cm³/mol. The van der Waals surface area contributed by atoms with Crippen LogP contribution in [0.2, 0.25) is 5.02 Å². The van der Waals surface area contributed by atoms with E-state index < -0.39 is 17.6 Å². The molecule has 1 heterocycles. The highest BCUT2D eigenvalue weighted by molar-refractivity contribution is 6.30. The Balaban J connectivity index is 1.56. The van der Waals surface area contributed by atoms with E-state index in [9.17, 15) is 23.1 Å². The van der Waals surface area contributed by atoms with Gasteiger partial charge in [-0.2, -0.15) is 13.2 Å². The van der Waals surface area contributed by atoms with Gasteiger partial charge in [0.1, 0.15) is 5.75 Å². The van der Waals surface area contributed by atoms with Crippen LogP contribution in [0.1, 0.15) is 5.56 Å². The van der Waals surface area contributed by atoms with E-state index in [1.165, 1.54) is 12.1 Å². The van der Waals surface area contributed by atoms with Gasteiger partial charge in [0.05, 0.1) is 37.4 Å². The summed E-state index contributed by atoms with van der Waals surface area (Å²) in [6, 6.07) is 10.2. The highest BCUT2D eigenvalue weighted by Gasteiger charge is 2.34. The monoisotopic (exact) mass is 414 g/mol. The van der Waals surface area contributed by atoms with Gasteiger partial charge in [-0.25, -0.2) is 0 Å². The van der Waals surface area contributed by atoms with Gasteiger partial charge in [-0.15, -0.1) is 0 Å². The van der Waals surface area contributed by atoms with Gasteiger partial charge >= 0.3 is 6.18 Å². The molecule has 1 aliphatic rings. The number of carbonyl (C=O) groups excluding carboxylic acids is 1. The number of hydrogen-bond acceptors (Lipinski definition) is 3. The molecule has 5 nitrogen and oxygen atoms in total. The second kappa shape index (κ2) is 8.28. The Morgan fingerprint density at radius 3 is 2.39 bits per heavy atom. The Morgan fingerprint density at radius 1 is 1.14 bits per heavy atom. The second-order valence-corrected chi connectivity index (χ2v) is 7.10. The number of hydrogen-bond donors (Lipinski definition) is 3. The average Bonchev–Trinajstić information content (AvgIpc) is 2.64. The van der Waals surface area contributed by atoms with Crippen molar-refractivity contribution in [3.05, 3.63) is 53.1 Å². The summed E-state index contributed by atoms with van der Waals surface area (Å²) in [5.74, 6) is -0.272. The smallest absolute Gasteiger partial charge is 0.418 e. The van der Waals surface area contributed by atoms with Crippen LogP contribution < -0.4 is 15.1 Å². The first kappa shape index (κ1) is 20.3. The first-order valence-electron chi connectivity index (χ1n) is 8.76. The fraction of sp³-hybridized carbons (Fsp3) is 0.316. The fourth-order valence-corrected chi connectivity index (χ4v) is 3.37. The number of quaternary nitrogens is 1. The molecule has 0 saturated carbocycles. The molecule has 3 rings (SSSR count). The van der Waals surface area contributed by atoms with Crippen molar-refractivity contribution in [3.63, 3.8) is 0 Å². The van der Waals surface area contributed by atoms with Gasteiger partial charge < -0.3 is 20.2 Å². The first-order chi connectivity index (χ1) is 13.2. The lowest BCUT2D eigenvalue weighted by atomic mass is 10.1. The molecule has 0 spiro atoms. The summed E-state index contributed by atoms with van der Waals surface area (Å²) >= 11 is 5.65. The number of carbonyl (C=O) groups is 1. The van der Waals surface area contributed by atoms with Crippen molar-refractivity contribution < 1.29 is 28.0 Å². The number of nitrogens with zero attached hydrogens (tertiary/aromatic N) is 1. The van der Waals surface area contributed by atoms with E-state index in [4.69, 9.17) is 11.6 Å². The first-order valence-corrected chi connectivity index (χ1v) is 9.14. The number of halogens is 4. The van der Waals surface area contributed by atoms with E-state index >= 15 is 0 Å². The van der Waals surface area contributed by atoms with Gasteiger partial charge in [0, 0.05) is 10.7 Å². The Hall–Kier alpha value is -2.45. The van der Waals surface area contributed by atoms with E-state index in [0.717, 1.165) is 16.7 Å². The number of rotatable bonds is 4. The van der Waals surface area contributed by atoms with Crippen LogP contribution in [0.5, 0.6) is 5.75 Å². The molecule has 0 unspecified atom stereocenters. The Morgan fingerprint density at radius 2 is 1.79 bits per heavy atom. The molecule has 0 bridgehead atoms. The summed E-state index contributed by atoms with van der Waals surface area (Å²) in [7, 11) is 0. The van der Waals surface area contributed by atoms with Crippen LogP contribution in [0.4, 0.5) is 24.5 Å². The quantitative estimate of drug-likeness (QED) is 0.720. The molecule has 28 heavy (non-hydrogen) atoms. The number of phenolic OH excluding ortho intramolecular Hbond substituents is 1. The van der Waals surface area contributed by atoms with E-state index in [0.29, 0.717) is 26.2 Å². The zero-order chi connectivity index (χ0) is 20.3. The number of piperazine rings is 1. The molecule has 2 aromatic carbocycles. The summed E-state index contributed by atoms with van der Waals surface area (Å²) in [4.78, 5) is 15.4. The third kappa shape index (κ3) is 5.08. The minimum atomic E-state index is -4.60. The minimum Gasteiger partial charge on any atom is -0.508 e. The van der Waals surface area contributed by atoms with Crippen molar-refractivity contribution in [1.82, 2.24) is 0 Å². The molecular formula is C19H20ClF3N3O2+. The average molecular weight is 415 g/mol. The Bertz CT molecular complexity index is 835. The topological polar surface area (TPSA) is 57.0 Å². The van der Waals surface area contributed by atoms with Gasteiger partial charge in [-0.05, 0) is 42.5 Å². The molecule has 1 amide bonds. The van der Waals surface area contributed by atoms with Crippen LogP contribution in [0.25, 0.3) is 0 Å². The van der Waals surface area contributed by atoms with Crippen molar-refractivity contribution >= 4 is 28.9 Å². The number of nitrogens with one attached hydrogen (secondary N) is 2. The van der Waals surface area contributed by atoms with Crippen LogP contribution in [-0.2, 0) is 11.0 Å². The van der Waals surface area contributed by atoms with Crippen LogP contribution in [0.15, 0.2) is 42.5 Å². The Kier molecular flexibility index (Phi) is 6.00. The maximum Gasteiger partial charge on any atom is 0.418 e. The molecule has 3 N–H and O–H groups in total. The third-order valence-corrected chi connectivity index (χ3v) is 4.89. The van der Waals surface area contributed by atoms with Gasteiger partial charge in [0.15, 0.2) is 6.54 Å². The standard InChI is InChI=1S/C19H19ClF3N3O2/c20-13-1-6-17(16(11-13)19(21,22)23)24-18(28)12-25-7-9-26(10-8-25)14-2-4-15(27)5-3-14/h1-6,11,27H,7-10,12H2,(H,24,28)/p+1. The maximum absolute atomic E-state index is 13.1. The van der Waals surface area contributed by atoms with Crippen LogP contribution in [0, 0.1) is 0 Å². The zero-order valence-corrected chi connectivity index (χ0v) is 15.6. The summed E-state index contributed by atoms with van der Waals surface area (Å²) in [6.07, 6.45) is -4.60. The van der Waals surface area contributed by atoms with Crippen molar-refractivity contribution in [1.29, 1.82) is 0 Å². The number of amides is 1. The number of benzene rings is 2. The lowest BCUT2D eigenvalue weighted by Gasteiger charge is -2.33. The molecule has 2 aromatic rings. The van der Waals surface area contributed by atoms with Gasteiger partial charge in [0.25, 0.3) is 5.91 Å². The van der Waals surface area contributed by atoms with E-state index in [1.54, 1.807) is 12.1 Å². The fourth-order valence-electron chi connectivity index (χ4n) is 3.20. The highest BCUT2D eigenvalue weighted by atomic mass is 35.5. The van der Waals surface area contributed by atoms with E-state index in [-0.39, 0.29) is 23.0 Å². The summed E-state index contributed by atoms with van der Waals surface area (Å²) in [5, 5.41) is 11.7. The highest BCUT2D eigenvalue weighted by Crippen LogP contribution is 2.36. The lowest BCUT2D eigenvalue weighted by molar-refractivity contribution is -0.892. The third-order valence-electron chi connectivity index (χ3n) is 4.66. The van der Waals surface area contributed by atoms with Crippen LogP contribution in [0.3, 0.4) is 0 Å². The molecule has 150 valence electrons. The van der Waals surface area contributed by atoms with E-state index in [1.807, 2.05) is 12.1 Å². The Labute approximate surface area is 165 Å². The van der Waals surface area contributed by atoms with Crippen molar-refractivity contribution in [2.75, 3.05) is 42.9 Å². The number of aromatic hydroxyl groups is 1. The largest absolute Gasteiger partial charge is 0.508 e. The molecule has 0 atom stereocenters. The molecule has 0 aliphatic carbocycles. The molecule has 1 fully saturated rings. The number of phenols is 1. The molecule has 1 aliphatic heterocycles. The van der Waals surface area contributed by atoms with Crippen molar-refractivity contribution in [2.24, 2.45) is 0 Å². The maximum atomic E-state index is 13.1. The van der Waals surface area contributed by atoms with Gasteiger partial charge in [0.2, 0.25) is 0 Å². The van der Waals surface area contributed by atoms with Gasteiger partial charge in [-0.3, -0.25) is 4.79 Å². The molecular weight excluding hydrogens is 395 g/mol.